The van der Waals surface area contributed by atoms with Gasteiger partial charge in [-0.2, -0.15) is 0 Å². The summed E-state index contributed by atoms with van der Waals surface area (Å²) in [5.41, 5.74) is 4.51. The van der Waals surface area contributed by atoms with Crippen LogP contribution in [0, 0.1) is 0 Å². The summed E-state index contributed by atoms with van der Waals surface area (Å²) in [6.07, 6.45) is 2.56. The van der Waals surface area contributed by atoms with Gasteiger partial charge < -0.3 is 10.0 Å². The predicted molar refractivity (Wildman–Crippen MR) is 119 cm³/mol. The van der Waals surface area contributed by atoms with Crippen LogP contribution in [0.3, 0.4) is 0 Å². The molecule has 1 aliphatic heterocycles. The Morgan fingerprint density at radius 2 is 1.76 bits per heavy atom. The smallest absolute Gasteiger partial charge is 0.105 e. The Kier molecular flexibility index (Phi) is 5.84. The van der Waals surface area contributed by atoms with Crippen LogP contribution in [-0.2, 0) is 0 Å². The van der Waals surface area contributed by atoms with E-state index in [1.807, 2.05) is 55.6 Å². The third-order valence-corrected chi connectivity index (χ3v) is 6.05. The Labute approximate surface area is 185 Å². The SMILES string of the molecule is CN1CC(c2ccc(Cl)cc2Cl)C(C(O)c2cccnc2)=C1c1ccc(Cl)cc1. The molecule has 0 saturated carbocycles. The second kappa shape index (κ2) is 8.37. The molecule has 3 aromatic rings. The van der Waals surface area contributed by atoms with E-state index in [2.05, 4.69) is 9.88 Å². The van der Waals surface area contributed by atoms with Gasteiger partial charge in [0.25, 0.3) is 0 Å². The van der Waals surface area contributed by atoms with E-state index in [0.717, 1.165) is 28.0 Å². The first-order valence-electron chi connectivity index (χ1n) is 9.19. The standard InChI is InChI=1S/C23H19Cl3N2O/c1-28-13-19(18-9-8-17(25)11-20(18)26)21(23(29)15-3-2-10-27-12-15)22(28)14-4-6-16(24)7-5-14/h2-12,19,23,29H,13H2,1H3. The highest BCUT2D eigenvalue weighted by molar-refractivity contribution is 6.35. The van der Waals surface area contributed by atoms with Gasteiger partial charge in [0, 0.05) is 58.2 Å². The van der Waals surface area contributed by atoms with Gasteiger partial charge in [-0.05, 0) is 47.0 Å². The number of hydrogen-bond acceptors (Lipinski definition) is 3. The van der Waals surface area contributed by atoms with Crippen molar-refractivity contribution in [3.8, 4) is 0 Å². The molecule has 0 amide bonds. The van der Waals surface area contributed by atoms with Crippen molar-refractivity contribution in [2.24, 2.45) is 0 Å². The highest BCUT2D eigenvalue weighted by atomic mass is 35.5. The first kappa shape index (κ1) is 20.2. The van der Waals surface area contributed by atoms with Gasteiger partial charge in [-0.25, -0.2) is 0 Å². The van der Waals surface area contributed by atoms with Gasteiger partial charge in [-0.15, -0.1) is 0 Å². The normalized spacial score (nSPS) is 17.7. The van der Waals surface area contributed by atoms with E-state index in [4.69, 9.17) is 34.8 Å². The Balaban J connectivity index is 1.90. The third-order valence-electron chi connectivity index (χ3n) is 5.24. The average Bonchev–Trinajstić information content (AvgIpc) is 3.05. The zero-order valence-electron chi connectivity index (χ0n) is 15.7. The molecule has 0 bridgehead atoms. The van der Waals surface area contributed by atoms with Gasteiger partial charge in [0.2, 0.25) is 0 Å². The maximum absolute atomic E-state index is 11.4. The van der Waals surface area contributed by atoms with Gasteiger partial charge in [-0.1, -0.05) is 59.1 Å². The number of rotatable bonds is 4. The van der Waals surface area contributed by atoms with E-state index in [0.29, 0.717) is 21.6 Å². The molecule has 2 heterocycles. The fourth-order valence-electron chi connectivity index (χ4n) is 3.93. The molecule has 6 heteroatoms. The van der Waals surface area contributed by atoms with Crippen molar-refractivity contribution < 1.29 is 5.11 Å². The highest BCUT2D eigenvalue weighted by Crippen LogP contribution is 2.47. The molecule has 0 aliphatic carbocycles. The van der Waals surface area contributed by atoms with Crippen LogP contribution in [0.15, 0.2) is 72.6 Å². The zero-order chi connectivity index (χ0) is 20.5. The molecule has 2 aromatic carbocycles. The van der Waals surface area contributed by atoms with Crippen LogP contribution in [0.4, 0.5) is 0 Å². The summed E-state index contributed by atoms with van der Waals surface area (Å²) in [5, 5.41) is 13.2. The van der Waals surface area contributed by atoms with E-state index >= 15 is 0 Å². The van der Waals surface area contributed by atoms with Gasteiger partial charge in [0.05, 0.1) is 0 Å². The number of aromatic nitrogens is 1. The quantitative estimate of drug-likeness (QED) is 0.518. The van der Waals surface area contributed by atoms with Gasteiger partial charge in [-0.3, -0.25) is 4.98 Å². The van der Waals surface area contributed by atoms with Gasteiger partial charge in [0.1, 0.15) is 6.10 Å². The molecule has 2 unspecified atom stereocenters. The summed E-state index contributed by atoms with van der Waals surface area (Å²) in [4.78, 5) is 6.32. The lowest BCUT2D eigenvalue weighted by molar-refractivity contribution is 0.210. The van der Waals surface area contributed by atoms with Gasteiger partial charge >= 0.3 is 0 Å². The Hall–Kier alpha value is -2.04. The molecule has 0 radical (unpaired) electrons. The lowest BCUT2D eigenvalue weighted by Crippen LogP contribution is -2.15. The zero-order valence-corrected chi connectivity index (χ0v) is 18.0. The lowest BCUT2D eigenvalue weighted by atomic mass is 9.86. The third kappa shape index (κ3) is 4.01. The van der Waals surface area contributed by atoms with Crippen molar-refractivity contribution in [1.82, 2.24) is 9.88 Å². The largest absolute Gasteiger partial charge is 0.384 e. The molecule has 0 saturated heterocycles. The topological polar surface area (TPSA) is 36.4 Å². The van der Waals surface area contributed by atoms with Crippen LogP contribution in [-0.4, -0.2) is 28.6 Å². The number of halogens is 3. The van der Waals surface area contributed by atoms with Crippen molar-refractivity contribution in [1.29, 1.82) is 0 Å². The fraction of sp³-hybridized carbons (Fsp3) is 0.174. The summed E-state index contributed by atoms with van der Waals surface area (Å²) < 4.78 is 0. The predicted octanol–water partition coefficient (Wildman–Crippen LogP) is 6.22. The van der Waals surface area contributed by atoms with Crippen LogP contribution in [0.1, 0.15) is 28.7 Å². The second-order valence-corrected chi connectivity index (χ2v) is 8.38. The summed E-state index contributed by atoms with van der Waals surface area (Å²) in [6.45, 7) is 0.686. The number of benzene rings is 2. The molecule has 3 nitrogen and oxygen atoms in total. The average molecular weight is 446 g/mol. The molecule has 4 rings (SSSR count). The second-order valence-electron chi connectivity index (χ2n) is 7.10. The van der Waals surface area contributed by atoms with E-state index in [-0.39, 0.29) is 5.92 Å². The Morgan fingerprint density at radius 1 is 1.03 bits per heavy atom. The summed E-state index contributed by atoms with van der Waals surface area (Å²) >= 11 is 18.8. The van der Waals surface area contributed by atoms with Crippen LogP contribution < -0.4 is 0 Å². The fourth-order valence-corrected chi connectivity index (χ4v) is 4.60. The Morgan fingerprint density at radius 3 is 2.41 bits per heavy atom. The number of aliphatic hydroxyl groups excluding tert-OH is 1. The first-order chi connectivity index (χ1) is 14.0. The van der Waals surface area contributed by atoms with Crippen LogP contribution >= 0.6 is 34.8 Å². The molecule has 0 spiro atoms. The minimum Gasteiger partial charge on any atom is -0.384 e. The lowest BCUT2D eigenvalue weighted by Gasteiger charge is -2.21. The molecule has 1 aliphatic rings. The van der Waals surface area contributed by atoms with E-state index in [1.165, 1.54) is 0 Å². The van der Waals surface area contributed by atoms with Crippen molar-refractivity contribution in [3.05, 3.63) is 104 Å². The molecule has 29 heavy (non-hydrogen) atoms. The molecular weight excluding hydrogens is 427 g/mol. The van der Waals surface area contributed by atoms with Crippen molar-refractivity contribution >= 4 is 40.5 Å². The minimum absolute atomic E-state index is 0.0920. The number of pyridine rings is 1. The minimum atomic E-state index is -0.823. The summed E-state index contributed by atoms with van der Waals surface area (Å²) in [5.74, 6) is -0.0920. The summed E-state index contributed by atoms with van der Waals surface area (Å²) in [7, 11) is 2.02. The number of aliphatic hydroxyl groups is 1. The van der Waals surface area contributed by atoms with E-state index < -0.39 is 6.10 Å². The first-order valence-corrected chi connectivity index (χ1v) is 10.3. The van der Waals surface area contributed by atoms with Crippen molar-refractivity contribution in [2.75, 3.05) is 13.6 Å². The molecular formula is C23H19Cl3N2O. The van der Waals surface area contributed by atoms with Crippen molar-refractivity contribution in [2.45, 2.75) is 12.0 Å². The number of hydrogen-bond donors (Lipinski definition) is 1. The van der Waals surface area contributed by atoms with Crippen LogP contribution in [0.2, 0.25) is 15.1 Å². The van der Waals surface area contributed by atoms with Crippen LogP contribution in [0.5, 0.6) is 0 Å². The van der Waals surface area contributed by atoms with Crippen LogP contribution in [0.25, 0.3) is 5.70 Å². The van der Waals surface area contributed by atoms with E-state index in [1.54, 1.807) is 18.5 Å². The van der Waals surface area contributed by atoms with Crippen molar-refractivity contribution in [3.63, 3.8) is 0 Å². The van der Waals surface area contributed by atoms with Gasteiger partial charge in [0.15, 0.2) is 0 Å². The summed E-state index contributed by atoms with van der Waals surface area (Å²) in [6, 6.07) is 16.9. The maximum atomic E-state index is 11.4. The maximum Gasteiger partial charge on any atom is 0.105 e. The number of likely N-dealkylation sites (N-methyl/N-ethyl adjacent to an activating group) is 1. The molecule has 0 fully saturated rings. The highest BCUT2D eigenvalue weighted by Gasteiger charge is 2.36. The molecule has 1 N–H and O–H groups in total. The molecule has 2 atom stereocenters. The number of nitrogens with zero attached hydrogens (tertiary/aromatic N) is 2. The molecule has 1 aromatic heterocycles. The van der Waals surface area contributed by atoms with E-state index in [9.17, 15) is 5.11 Å². The monoisotopic (exact) mass is 444 g/mol. The molecule has 148 valence electrons. The Bertz CT molecular complexity index is 1050.